The third-order valence-corrected chi connectivity index (χ3v) is 4.11. The van der Waals surface area contributed by atoms with Gasteiger partial charge < -0.3 is 4.74 Å². The number of para-hydroxylation sites is 3. The van der Waals surface area contributed by atoms with Gasteiger partial charge >= 0.3 is 5.69 Å². The van der Waals surface area contributed by atoms with E-state index in [9.17, 15) is 14.9 Å². The summed E-state index contributed by atoms with van der Waals surface area (Å²) in [5, 5.41) is 19.8. The third kappa shape index (κ3) is 2.37. The molecule has 0 spiro atoms. The second kappa shape index (κ2) is 5.96. The SMILES string of the molecule is Cn1c(=O)c2ccccc2n2c(COc3ccccc3[N+](=O)[O-])nnc12. The van der Waals surface area contributed by atoms with Crippen LogP contribution in [-0.4, -0.2) is 24.1 Å². The number of rotatable bonds is 4. The highest BCUT2D eigenvalue weighted by Gasteiger charge is 2.17. The highest BCUT2D eigenvalue weighted by molar-refractivity contribution is 5.80. The fourth-order valence-corrected chi connectivity index (χ4v) is 2.86. The normalized spacial score (nSPS) is 11.1. The first-order chi connectivity index (χ1) is 12.6. The lowest BCUT2D eigenvalue weighted by Gasteiger charge is -2.09. The van der Waals surface area contributed by atoms with Gasteiger partial charge in [0.15, 0.2) is 11.6 Å². The zero-order valence-electron chi connectivity index (χ0n) is 13.7. The standard InChI is InChI=1S/C17H13N5O4/c1-20-16(23)11-6-2-3-7-12(11)21-15(18-19-17(20)21)10-26-14-9-5-4-8-13(14)22(24)25/h2-9H,10H2,1H3. The molecule has 0 saturated heterocycles. The number of nitro benzene ring substituents is 1. The number of aromatic nitrogens is 4. The molecule has 4 rings (SSSR count). The summed E-state index contributed by atoms with van der Waals surface area (Å²) in [5.74, 6) is 0.947. The van der Waals surface area contributed by atoms with Gasteiger partial charge in [0.25, 0.3) is 5.56 Å². The van der Waals surface area contributed by atoms with Gasteiger partial charge in [-0.2, -0.15) is 0 Å². The zero-order chi connectivity index (χ0) is 18.3. The van der Waals surface area contributed by atoms with Gasteiger partial charge in [0.1, 0.15) is 6.61 Å². The van der Waals surface area contributed by atoms with E-state index in [-0.39, 0.29) is 23.6 Å². The highest BCUT2D eigenvalue weighted by Crippen LogP contribution is 2.26. The minimum absolute atomic E-state index is 0.0335. The average Bonchev–Trinajstić information content (AvgIpc) is 3.09. The smallest absolute Gasteiger partial charge is 0.310 e. The molecule has 0 aliphatic carbocycles. The molecule has 4 aromatic rings. The van der Waals surface area contributed by atoms with Crippen LogP contribution in [-0.2, 0) is 13.7 Å². The van der Waals surface area contributed by atoms with Gasteiger partial charge in [-0.05, 0) is 18.2 Å². The second-order valence-electron chi connectivity index (χ2n) is 5.65. The summed E-state index contributed by atoms with van der Waals surface area (Å²) in [4.78, 5) is 23.0. The van der Waals surface area contributed by atoms with Gasteiger partial charge in [-0.25, -0.2) is 0 Å². The maximum absolute atomic E-state index is 12.4. The first-order valence-electron chi connectivity index (χ1n) is 7.76. The van der Waals surface area contributed by atoms with Crippen LogP contribution in [0.1, 0.15) is 5.82 Å². The fraction of sp³-hybridized carbons (Fsp3) is 0.118. The number of ether oxygens (including phenoxy) is 1. The van der Waals surface area contributed by atoms with Crippen LogP contribution in [0.2, 0.25) is 0 Å². The molecule has 2 aromatic carbocycles. The molecule has 0 radical (unpaired) electrons. The zero-order valence-corrected chi connectivity index (χ0v) is 13.7. The Morgan fingerprint density at radius 1 is 1.12 bits per heavy atom. The summed E-state index contributed by atoms with van der Waals surface area (Å²) in [5.41, 5.74) is 0.349. The van der Waals surface area contributed by atoms with E-state index in [0.29, 0.717) is 22.5 Å². The number of fused-ring (bicyclic) bond motifs is 3. The van der Waals surface area contributed by atoms with Crippen molar-refractivity contribution in [3.63, 3.8) is 0 Å². The van der Waals surface area contributed by atoms with Gasteiger partial charge in [0.2, 0.25) is 5.78 Å². The van der Waals surface area contributed by atoms with Crippen molar-refractivity contribution in [1.82, 2.24) is 19.2 Å². The van der Waals surface area contributed by atoms with E-state index in [0.717, 1.165) is 0 Å². The molecule has 26 heavy (non-hydrogen) atoms. The molecule has 0 saturated carbocycles. The lowest BCUT2D eigenvalue weighted by Crippen LogP contribution is -2.20. The lowest BCUT2D eigenvalue weighted by atomic mass is 10.2. The number of benzene rings is 2. The van der Waals surface area contributed by atoms with Crippen LogP contribution in [0.25, 0.3) is 16.7 Å². The molecule has 0 amide bonds. The molecule has 9 nitrogen and oxygen atoms in total. The summed E-state index contributed by atoms with van der Waals surface area (Å²) in [6.07, 6.45) is 0. The molecule has 130 valence electrons. The Morgan fingerprint density at radius 2 is 1.85 bits per heavy atom. The minimum Gasteiger partial charge on any atom is -0.479 e. The first-order valence-corrected chi connectivity index (χ1v) is 7.76. The van der Waals surface area contributed by atoms with Gasteiger partial charge in [0, 0.05) is 13.1 Å². The van der Waals surface area contributed by atoms with Crippen molar-refractivity contribution in [2.75, 3.05) is 0 Å². The van der Waals surface area contributed by atoms with Gasteiger partial charge in [-0.3, -0.25) is 23.9 Å². The monoisotopic (exact) mass is 351 g/mol. The van der Waals surface area contributed by atoms with Crippen LogP contribution in [0.4, 0.5) is 5.69 Å². The Balaban J connectivity index is 1.82. The summed E-state index contributed by atoms with van der Waals surface area (Å²) < 4.78 is 8.74. The Hall–Kier alpha value is -3.75. The number of nitro groups is 1. The second-order valence-corrected chi connectivity index (χ2v) is 5.65. The first kappa shape index (κ1) is 15.8. The van der Waals surface area contributed by atoms with E-state index < -0.39 is 4.92 Å². The largest absolute Gasteiger partial charge is 0.479 e. The summed E-state index contributed by atoms with van der Waals surface area (Å²) in [6, 6.07) is 13.2. The molecule has 2 aromatic heterocycles. The molecule has 0 atom stereocenters. The van der Waals surface area contributed by atoms with E-state index in [4.69, 9.17) is 4.74 Å². The summed E-state index contributed by atoms with van der Waals surface area (Å²) in [6.45, 7) is -0.0335. The Morgan fingerprint density at radius 3 is 2.65 bits per heavy atom. The molecule has 9 heteroatoms. The minimum atomic E-state index is -0.504. The highest BCUT2D eigenvalue weighted by atomic mass is 16.6. The van der Waals surface area contributed by atoms with Crippen molar-refractivity contribution >= 4 is 22.4 Å². The van der Waals surface area contributed by atoms with E-state index in [1.807, 2.05) is 6.07 Å². The van der Waals surface area contributed by atoms with Crippen LogP contribution in [0, 0.1) is 10.1 Å². The topological polar surface area (TPSA) is 105 Å². The number of hydrogen-bond donors (Lipinski definition) is 0. The van der Waals surface area contributed by atoms with E-state index >= 15 is 0 Å². The van der Waals surface area contributed by atoms with Crippen LogP contribution in [0.3, 0.4) is 0 Å². The molecule has 0 aliphatic rings. The van der Waals surface area contributed by atoms with Crippen molar-refractivity contribution in [1.29, 1.82) is 0 Å². The van der Waals surface area contributed by atoms with Crippen molar-refractivity contribution < 1.29 is 9.66 Å². The van der Waals surface area contributed by atoms with Crippen LogP contribution in [0.15, 0.2) is 53.3 Å². The predicted octanol–water partition coefficient (Wildman–Crippen LogP) is 2.07. The Labute approximate surface area is 146 Å². The van der Waals surface area contributed by atoms with Crippen molar-refractivity contribution in [3.8, 4) is 5.75 Å². The van der Waals surface area contributed by atoms with Crippen LogP contribution in [0.5, 0.6) is 5.75 Å². The van der Waals surface area contributed by atoms with E-state index in [2.05, 4.69) is 10.2 Å². The molecule has 2 heterocycles. The molecule has 0 aliphatic heterocycles. The van der Waals surface area contributed by atoms with Crippen molar-refractivity contribution in [3.05, 3.63) is 74.8 Å². The number of aryl methyl sites for hydroxylation is 1. The molecule has 0 N–H and O–H groups in total. The number of nitrogens with zero attached hydrogens (tertiary/aromatic N) is 5. The average molecular weight is 351 g/mol. The summed E-state index contributed by atoms with van der Waals surface area (Å²) >= 11 is 0. The van der Waals surface area contributed by atoms with E-state index in [1.54, 1.807) is 41.8 Å². The Bertz CT molecular complexity index is 1210. The van der Waals surface area contributed by atoms with Gasteiger partial charge in [-0.1, -0.05) is 24.3 Å². The molecule has 0 unspecified atom stereocenters. The fourth-order valence-electron chi connectivity index (χ4n) is 2.86. The number of hydrogen-bond acceptors (Lipinski definition) is 6. The molecule has 0 bridgehead atoms. The van der Waals surface area contributed by atoms with Crippen molar-refractivity contribution in [2.45, 2.75) is 6.61 Å². The maximum Gasteiger partial charge on any atom is 0.310 e. The van der Waals surface area contributed by atoms with E-state index in [1.165, 1.54) is 16.7 Å². The quantitative estimate of drug-likeness (QED) is 0.412. The molecular weight excluding hydrogens is 338 g/mol. The summed E-state index contributed by atoms with van der Waals surface area (Å²) in [7, 11) is 1.62. The third-order valence-electron chi connectivity index (χ3n) is 4.11. The maximum atomic E-state index is 12.4. The predicted molar refractivity (Wildman–Crippen MR) is 93.2 cm³/mol. The lowest BCUT2D eigenvalue weighted by molar-refractivity contribution is -0.385. The molecule has 0 fully saturated rings. The van der Waals surface area contributed by atoms with Gasteiger partial charge in [0.05, 0.1) is 15.8 Å². The van der Waals surface area contributed by atoms with Gasteiger partial charge in [-0.15, -0.1) is 10.2 Å². The van der Waals surface area contributed by atoms with Crippen LogP contribution < -0.4 is 10.3 Å². The Kier molecular flexibility index (Phi) is 3.61. The molecular formula is C17H13N5O4. The van der Waals surface area contributed by atoms with Crippen molar-refractivity contribution in [2.24, 2.45) is 7.05 Å². The van der Waals surface area contributed by atoms with Crippen LogP contribution >= 0.6 is 0 Å².